The lowest BCUT2D eigenvalue weighted by molar-refractivity contribution is -0.384. The van der Waals surface area contributed by atoms with Crippen molar-refractivity contribution in [2.45, 2.75) is 5.75 Å². The van der Waals surface area contributed by atoms with Gasteiger partial charge >= 0.3 is 0 Å². The number of nitrogens with zero attached hydrogens (tertiary/aromatic N) is 2. The summed E-state index contributed by atoms with van der Waals surface area (Å²) in [6.45, 7) is 0.384. The van der Waals surface area contributed by atoms with Gasteiger partial charge in [0.05, 0.1) is 10.7 Å². The first-order chi connectivity index (χ1) is 8.36. The predicted octanol–water partition coefficient (Wildman–Crippen LogP) is 1.75. The normalized spacial score (nSPS) is 11.7. The Labute approximate surface area is 114 Å². The van der Waals surface area contributed by atoms with Crippen molar-refractivity contribution in [1.82, 2.24) is 4.31 Å². The number of benzene rings is 1. The molecule has 0 heterocycles. The Hall–Kier alpha value is -0.990. The summed E-state index contributed by atoms with van der Waals surface area (Å²) in [5.41, 5.74) is 0.479. The smallest absolute Gasteiger partial charge is 0.258 e. The Kier molecular flexibility index (Phi) is 5.24. The molecule has 0 atom stereocenters. The summed E-state index contributed by atoms with van der Waals surface area (Å²) in [5.74, 6) is -0.158. The minimum Gasteiger partial charge on any atom is -0.258 e. The summed E-state index contributed by atoms with van der Waals surface area (Å²) in [6, 6.07) is 5.51. The zero-order valence-electron chi connectivity index (χ0n) is 9.74. The Morgan fingerprint density at radius 2 is 1.89 bits per heavy atom. The van der Waals surface area contributed by atoms with Crippen LogP contribution < -0.4 is 0 Å². The average molecular weight is 337 g/mol. The first-order valence-electron chi connectivity index (χ1n) is 5.10. The maximum atomic E-state index is 11.9. The number of hydrogen-bond donors (Lipinski definition) is 0. The molecule has 1 rings (SSSR count). The first-order valence-corrected chi connectivity index (χ1v) is 7.83. The van der Waals surface area contributed by atoms with Crippen LogP contribution in [0, 0.1) is 10.1 Å². The zero-order chi connectivity index (χ0) is 13.8. The fraction of sp³-hybridized carbons (Fsp3) is 0.400. The molecule has 6 nitrogen and oxygen atoms in total. The van der Waals surface area contributed by atoms with Crippen LogP contribution in [0.1, 0.15) is 5.56 Å². The highest BCUT2D eigenvalue weighted by atomic mass is 79.9. The van der Waals surface area contributed by atoms with Crippen LogP contribution in [0.2, 0.25) is 0 Å². The van der Waals surface area contributed by atoms with Gasteiger partial charge in [-0.1, -0.05) is 28.1 Å². The number of hydrogen-bond acceptors (Lipinski definition) is 4. The third kappa shape index (κ3) is 4.04. The van der Waals surface area contributed by atoms with Crippen molar-refractivity contribution in [2.75, 3.05) is 18.9 Å². The van der Waals surface area contributed by atoms with Gasteiger partial charge in [-0.2, -0.15) is 0 Å². The Morgan fingerprint density at radius 1 is 1.33 bits per heavy atom. The van der Waals surface area contributed by atoms with Crippen LogP contribution in [0.3, 0.4) is 0 Å². The van der Waals surface area contributed by atoms with E-state index in [-0.39, 0.29) is 11.4 Å². The first kappa shape index (κ1) is 15.1. The second-order valence-electron chi connectivity index (χ2n) is 3.69. The van der Waals surface area contributed by atoms with Crippen molar-refractivity contribution in [3.63, 3.8) is 0 Å². The summed E-state index contributed by atoms with van der Waals surface area (Å²) in [4.78, 5) is 9.95. The van der Waals surface area contributed by atoms with Gasteiger partial charge < -0.3 is 0 Å². The van der Waals surface area contributed by atoms with Gasteiger partial charge in [-0.15, -0.1) is 0 Å². The monoisotopic (exact) mass is 336 g/mol. The number of rotatable bonds is 6. The molecule has 0 N–H and O–H groups in total. The molecule has 0 fully saturated rings. The van der Waals surface area contributed by atoms with Crippen LogP contribution in [0.5, 0.6) is 0 Å². The minimum absolute atomic E-state index is 0.0510. The van der Waals surface area contributed by atoms with E-state index >= 15 is 0 Å². The third-order valence-corrected chi connectivity index (χ3v) is 4.56. The lowest BCUT2D eigenvalue weighted by atomic mass is 10.2. The number of alkyl halides is 1. The number of halogens is 1. The van der Waals surface area contributed by atoms with Gasteiger partial charge in [-0.25, -0.2) is 12.7 Å². The summed E-state index contributed by atoms with van der Waals surface area (Å²) in [6.07, 6.45) is 0. The van der Waals surface area contributed by atoms with E-state index in [4.69, 9.17) is 0 Å². The number of sulfonamides is 1. The van der Waals surface area contributed by atoms with Gasteiger partial charge in [0, 0.05) is 31.1 Å². The molecule has 8 heteroatoms. The molecule has 1 aromatic carbocycles. The second kappa shape index (κ2) is 6.26. The lowest BCUT2D eigenvalue weighted by Gasteiger charge is -2.15. The van der Waals surface area contributed by atoms with Gasteiger partial charge in [0.25, 0.3) is 5.69 Å². The third-order valence-electron chi connectivity index (χ3n) is 2.37. The van der Waals surface area contributed by atoms with E-state index in [1.165, 1.54) is 35.6 Å². The van der Waals surface area contributed by atoms with Gasteiger partial charge in [0.15, 0.2) is 0 Å². The van der Waals surface area contributed by atoms with Crippen molar-refractivity contribution in [2.24, 2.45) is 0 Å². The van der Waals surface area contributed by atoms with E-state index in [1.807, 2.05) is 0 Å². The summed E-state index contributed by atoms with van der Waals surface area (Å²) in [7, 11) is -1.87. The fourth-order valence-electron chi connectivity index (χ4n) is 1.29. The zero-order valence-corrected chi connectivity index (χ0v) is 12.1. The van der Waals surface area contributed by atoms with Gasteiger partial charge in [-0.3, -0.25) is 10.1 Å². The molecular formula is C10H13BrN2O4S. The predicted molar refractivity (Wildman–Crippen MR) is 72.1 cm³/mol. The maximum Gasteiger partial charge on any atom is 0.269 e. The number of nitro groups is 1. The molecule has 0 aliphatic rings. The Morgan fingerprint density at radius 3 is 2.33 bits per heavy atom. The molecule has 0 aliphatic carbocycles. The number of nitro benzene ring substituents is 1. The molecule has 0 aliphatic heterocycles. The molecule has 0 amide bonds. The number of non-ortho nitro benzene ring substituents is 1. The van der Waals surface area contributed by atoms with Gasteiger partial charge in [0.2, 0.25) is 10.0 Å². The van der Waals surface area contributed by atoms with Crippen LogP contribution in [0.25, 0.3) is 0 Å². The topological polar surface area (TPSA) is 80.5 Å². The fourth-order valence-corrected chi connectivity index (χ4v) is 3.26. The molecule has 1 aromatic rings. The van der Waals surface area contributed by atoms with Gasteiger partial charge in [0.1, 0.15) is 0 Å². The van der Waals surface area contributed by atoms with Crippen LogP contribution >= 0.6 is 15.9 Å². The van der Waals surface area contributed by atoms with E-state index in [0.717, 1.165) is 0 Å². The second-order valence-corrected chi connectivity index (χ2v) is 6.56. The van der Waals surface area contributed by atoms with Crippen molar-refractivity contribution in [1.29, 1.82) is 0 Å². The standard InChI is InChI=1S/C10H13BrN2O4S/c1-12(7-6-11)18(16,17)8-9-2-4-10(5-3-9)13(14)15/h2-5H,6-8H2,1H3. The lowest BCUT2D eigenvalue weighted by Crippen LogP contribution is -2.29. The van der Waals surface area contributed by atoms with E-state index in [2.05, 4.69) is 15.9 Å². The molecule has 0 bridgehead atoms. The Balaban J connectivity index is 2.81. The van der Waals surface area contributed by atoms with Crippen LogP contribution in [-0.2, 0) is 15.8 Å². The van der Waals surface area contributed by atoms with Crippen molar-refractivity contribution >= 4 is 31.6 Å². The highest BCUT2D eigenvalue weighted by molar-refractivity contribution is 9.09. The van der Waals surface area contributed by atoms with E-state index in [9.17, 15) is 18.5 Å². The largest absolute Gasteiger partial charge is 0.269 e. The summed E-state index contributed by atoms with van der Waals surface area (Å²) in [5, 5.41) is 11.0. The summed E-state index contributed by atoms with van der Waals surface area (Å²) >= 11 is 3.17. The van der Waals surface area contributed by atoms with E-state index in [0.29, 0.717) is 17.4 Å². The minimum atomic E-state index is -3.38. The van der Waals surface area contributed by atoms with Crippen LogP contribution in [-0.4, -0.2) is 36.6 Å². The van der Waals surface area contributed by atoms with E-state index in [1.54, 1.807) is 0 Å². The molecule has 0 saturated heterocycles. The molecule has 0 radical (unpaired) electrons. The van der Waals surface area contributed by atoms with Crippen molar-refractivity contribution in [3.8, 4) is 0 Å². The van der Waals surface area contributed by atoms with Crippen molar-refractivity contribution < 1.29 is 13.3 Å². The maximum absolute atomic E-state index is 11.9. The van der Waals surface area contributed by atoms with Crippen molar-refractivity contribution in [3.05, 3.63) is 39.9 Å². The van der Waals surface area contributed by atoms with Crippen LogP contribution in [0.4, 0.5) is 5.69 Å². The SMILES string of the molecule is CN(CCBr)S(=O)(=O)Cc1ccc([N+](=O)[O-])cc1. The summed E-state index contributed by atoms with van der Waals surface area (Å²) < 4.78 is 25.0. The van der Waals surface area contributed by atoms with E-state index < -0.39 is 14.9 Å². The molecular weight excluding hydrogens is 324 g/mol. The molecule has 0 unspecified atom stereocenters. The highest BCUT2D eigenvalue weighted by Gasteiger charge is 2.18. The highest BCUT2D eigenvalue weighted by Crippen LogP contribution is 2.15. The molecule has 0 spiro atoms. The quantitative estimate of drug-likeness (QED) is 0.450. The average Bonchev–Trinajstić information content (AvgIpc) is 2.29. The van der Waals surface area contributed by atoms with Gasteiger partial charge in [-0.05, 0) is 5.56 Å². The van der Waals surface area contributed by atoms with Crippen LogP contribution in [0.15, 0.2) is 24.3 Å². The molecule has 0 aromatic heterocycles. The molecule has 0 saturated carbocycles. The molecule has 100 valence electrons. The molecule has 18 heavy (non-hydrogen) atoms. The Bertz CT molecular complexity index is 515.